The molecule has 0 radical (unpaired) electrons. The van der Waals surface area contributed by atoms with Gasteiger partial charge in [-0.1, -0.05) is 77.3 Å². The van der Waals surface area contributed by atoms with E-state index in [1.165, 1.54) is 24.3 Å². The monoisotopic (exact) mass is 466 g/mol. The molecular formula is C26H35BF4O2. The third-order valence-electron chi connectivity index (χ3n) is 5.78. The van der Waals surface area contributed by atoms with Crippen LogP contribution < -0.4 is 9.31 Å². The molecule has 7 heteroatoms. The van der Waals surface area contributed by atoms with E-state index in [-0.39, 0.29) is 11.5 Å². The van der Waals surface area contributed by atoms with Gasteiger partial charge in [0.25, 0.3) is 0 Å². The zero-order chi connectivity index (χ0) is 24.1. The SMILES string of the molecule is CCCCCCCc1ccc(OBOc2ccc(CCCCCCC)c(F)c2F)c(F)c1F. The van der Waals surface area contributed by atoms with Gasteiger partial charge in [0.05, 0.1) is 0 Å². The minimum Gasteiger partial charge on any atom is -0.526 e. The first kappa shape index (κ1) is 27.1. The molecule has 0 amide bonds. The molecule has 0 aromatic heterocycles. The Morgan fingerprint density at radius 1 is 0.545 bits per heavy atom. The fraction of sp³-hybridized carbons (Fsp3) is 0.538. The summed E-state index contributed by atoms with van der Waals surface area (Å²) in [5.74, 6) is -4.74. The molecule has 2 aromatic rings. The Labute approximate surface area is 196 Å². The van der Waals surface area contributed by atoms with E-state index in [1.54, 1.807) is 0 Å². The van der Waals surface area contributed by atoms with Crippen LogP contribution in [0.25, 0.3) is 0 Å². The molecule has 0 aliphatic carbocycles. The molecule has 182 valence electrons. The molecular weight excluding hydrogens is 431 g/mol. The average molecular weight is 466 g/mol. The first-order chi connectivity index (χ1) is 16.0. The van der Waals surface area contributed by atoms with Crippen molar-refractivity contribution in [1.29, 1.82) is 0 Å². The van der Waals surface area contributed by atoms with E-state index < -0.39 is 31.0 Å². The Balaban J connectivity index is 1.86. The Bertz CT molecular complexity index is 791. The molecule has 2 nitrogen and oxygen atoms in total. The highest BCUT2D eigenvalue weighted by atomic mass is 19.2. The fourth-order valence-electron chi connectivity index (χ4n) is 3.75. The van der Waals surface area contributed by atoms with Crippen molar-refractivity contribution in [1.82, 2.24) is 0 Å². The van der Waals surface area contributed by atoms with Crippen molar-refractivity contribution in [2.24, 2.45) is 0 Å². The molecule has 2 aromatic carbocycles. The van der Waals surface area contributed by atoms with Crippen LogP contribution in [0.1, 0.15) is 89.2 Å². The minimum absolute atomic E-state index is 0.302. The lowest BCUT2D eigenvalue weighted by atomic mass is 10.0. The molecule has 0 aliphatic heterocycles. The van der Waals surface area contributed by atoms with Gasteiger partial charge in [-0.2, -0.15) is 8.78 Å². The molecule has 0 spiro atoms. The predicted molar refractivity (Wildman–Crippen MR) is 126 cm³/mol. The second-order valence-electron chi connectivity index (χ2n) is 8.44. The minimum atomic E-state index is -1.10. The Kier molecular flexibility index (Phi) is 12.2. The van der Waals surface area contributed by atoms with Crippen molar-refractivity contribution in [3.05, 3.63) is 58.7 Å². The van der Waals surface area contributed by atoms with Crippen LogP contribution in [0.2, 0.25) is 0 Å². The van der Waals surface area contributed by atoms with E-state index in [9.17, 15) is 17.6 Å². The van der Waals surface area contributed by atoms with Crippen LogP contribution in [0.15, 0.2) is 24.3 Å². The third-order valence-corrected chi connectivity index (χ3v) is 5.78. The molecule has 0 unspecified atom stereocenters. The van der Waals surface area contributed by atoms with E-state index in [2.05, 4.69) is 13.8 Å². The number of halogens is 4. The Morgan fingerprint density at radius 2 is 0.939 bits per heavy atom. The number of rotatable bonds is 16. The van der Waals surface area contributed by atoms with Gasteiger partial charge in [0.15, 0.2) is 23.3 Å². The molecule has 0 saturated carbocycles. The zero-order valence-electron chi connectivity index (χ0n) is 19.8. The number of hydrogen-bond donors (Lipinski definition) is 0. The van der Waals surface area contributed by atoms with E-state index in [0.717, 1.165) is 64.2 Å². The average Bonchev–Trinajstić information content (AvgIpc) is 2.81. The van der Waals surface area contributed by atoms with Crippen molar-refractivity contribution < 1.29 is 26.9 Å². The van der Waals surface area contributed by atoms with Crippen molar-refractivity contribution in [2.45, 2.75) is 90.9 Å². The van der Waals surface area contributed by atoms with E-state index in [0.29, 0.717) is 24.0 Å². The predicted octanol–water partition coefficient (Wildman–Crippen LogP) is 7.99. The van der Waals surface area contributed by atoms with Crippen molar-refractivity contribution >= 4 is 7.69 Å². The zero-order valence-corrected chi connectivity index (χ0v) is 19.8. The van der Waals surface area contributed by atoms with Gasteiger partial charge in [0, 0.05) is 0 Å². The second-order valence-corrected chi connectivity index (χ2v) is 8.44. The summed E-state index contributed by atoms with van der Waals surface area (Å²) < 4.78 is 67.5. The highest BCUT2D eigenvalue weighted by Gasteiger charge is 2.17. The van der Waals surface area contributed by atoms with Crippen LogP contribution in [0.4, 0.5) is 17.6 Å². The first-order valence-corrected chi connectivity index (χ1v) is 12.2. The number of hydrogen-bond acceptors (Lipinski definition) is 2. The maximum atomic E-state index is 14.3. The standard InChI is InChI=1S/C26H35BF4O2/c1-3-5-7-9-11-13-19-15-17-21(25(30)23(19)28)32-27-33-22-18-16-20(24(29)26(22)31)14-12-10-8-6-4-2/h15-18,27H,3-14H2,1-2H3. The van der Waals surface area contributed by atoms with E-state index in [1.807, 2.05) is 0 Å². The van der Waals surface area contributed by atoms with Gasteiger partial charge in [0.2, 0.25) is 0 Å². The maximum absolute atomic E-state index is 14.3. The molecule has 0 aliphatic rings. The molecule has 0 fully saturated rings. The van der Waals surface area contributed by atoms with Gasteiger partial charge >= 0.3 is 7.69 Å². The summed E-state index contributed by atoms with van der Waals surface area (Å²) >= 11 is 0. The highest BCUT2D eigenvalue weighted by Crippen LogP contribution is 2.26. The molecule has 0 bridgehead atoms. The summed E-state index contributed by atoms with van der Waals surface area (Å²) in [6, 6.07) is 5.65. The number of benzene rings is 2. The van der Waals surface area contributed by atoms with Gasteiger partial charge < -0.3 is 9.31 Å². The van der Waals surface area contributed by atoms with Crippen LogP contribution in [-0.4, -0.2) is 7.69 Å². The summed E-state index contributed by atoms with van der Waals surface area (Å²) in [4.78, 5) is 0. The van der Waals surface area contributed by atoms with Crippen molar-refractivity contribution in [2.75, 3.05) is 0 Å². The highest BCUT2D eigenvalue weighted by molar-refractivity contribution is 6.20. The summed E-state index contributed by atoms with van der Waals surface area (Å²) in [5.41, 5.74) is 0.603. The molecule has 0 N–H and O–H groups in total. The molecule has 0 heterocycles. The molecule has 2 rings (SSSR count). The fourth-order valence-corrected chi connectivity index (χ4v) is 3.75. The van der Waals surface area contributed by atoms with Gasteiger partial charge in [-0.25, -0.2) is 8.78 Å². The van der Waals surface area contributed by atoms with Crippen molar-refractivity contribution in [3.63, 3.8) is 0 Å². The summed E-state index contributed by atoms with van der Waals surface area (Å²) in [5, 5.41) is 0. The lowest BCUT2D eigenvalue weighted by Crippen LogP contribution is -2.14. The lowest BCUT2D eigenvalue weighted by Gasteiger charge is -2.12. The van der Waals surface area contributed by atoms with Crippen LogP contribution in [0.5, 0.6) is 11.5 Å². The van der Waals surface area contributed by atoms with Gasteiger partial charge in [-0.3, -0.25) is 0 Å². The van der Waals surface area contributed by atoms with Crippen LogP contribution in [-0.2, 0) is 12.8 Å². The van der Waals surface area contributed by atoms with Gasteiger partial charge in [0.1, 0.15) is 11.5 Å². The smallest absolute Gasteiger partial charge is 0.526 e. The Morgan fingerprint density at radius 3 is 1.33 bits per heavy atom. The van der Waals surface area contributed by atoms with Gasteiger partial charge in [-0.05, 0) is 48.9 Å². The van der Waals surface area contributed by atoms with Crippen LogP contribution >= 0.6 is 0 Å². The number of aryl methyl sites for hydroxylation is 2. The third kappa shape index (κ3) is 8.60. The largest absolute Gasteiger partial charge is 0.576 e. The topological polar surface area (TPSA) is 18.5 Å². The molecule has 0 saturated heterocycles. The quantitative estimate of drug-likeness (QED) is 0.142. The van der Waals surface area contributed by atoms with Crippen molar-refractivity contribution in [3.8, 4) is 11.5 Å². The van der Waals surface area contributed by atoms with Crippen LogP contribution in [0.3, 0.4) is 0 Å². The first-order valence-electron chi connectivity index (χ1n) is 12.2. The Hall–Kier alpha value is -2.18. The second kappa shape index (κ2) is 14.9. The van der Waals surface area contributed by atoms with E-state index >= 15 is 0 Å². The molecule has 0 atom stereocenters. The summed E-state index contributed by atoms with van der Waals surface area (Å²) in [6.07, 6.45) is 11.1. The van der Waals surface area contributed by atoms with E-state index in [4.69, 9.17) is 9.31 Å². The van der Waals surface area contributed by atoms with Crippen LogP contribution in [0, 0.1) is 23.3 Å². The lowest BCUT2D eigenvalue weighted by molar-refractivity contribution is 0.396. The van der Waals surface area contributed by atoms with Gasteiger partial charge in [-0.15, -0.1) is 0 Å². The summed E-state index contributed by atoms with van der Waals surface area (Å²) in [6.45, 7) is 4.24. The maximum Gasteiger partial charge on any atom is 0.576 e. The summed E-state index contributed by atoms with van der Waals surface area (Å²) in [7, 11) is -0.570. The normalized spacial score (nSPS) is 11.0. The number of unbranched alkanes of at least 4 members (excludes halogenated alkanes) is 8. The molecule has 33 heavy (non-hydrogen) atoms.